The standard InChI is InChI=1S/C18H23N3O3/c22-17-6-5-14-15(21(17)12-13-3-1-8-19-11-13)7-9-20(14)18(23)16-4-2-10-24-16/h1,3,8,11,14-16H,2,4-7,9-10,12H2/t14-,15-,16?/m1/s1. The van der Waals surface area contributed by atoms with Crippen molar-refractivity contribution < 1.29 is 14.3 Å². The average Bonchev–Trinajstić information content (AvgIpc) is 3.27. The summed E-state index contributed by atoms with van der Waals surface area (Å²) in [7, 11) is 0. The quantitative estimate of drug-likeness (QED) is 0.840. The lowest BCUT2D eigenvalue weighted by atomic mass is 9.95. The molecule has 0 radical (unpaired) electrons. The summed E-state index contributed by atoms with van der Waals surface area (Å²) < 4.78 is 5.57. The van der Waals surface area contributed by atoms with Gasteiger partial charge >= 0.3 is 0 Å². The van der Waals surface area contributed by atoms with E-state index in [2.05, 4.69) is 4.98 Å². The molecule has 0 aromatic carbocycles. The molecule has 0 saturated carbocycles. The monoisotopic (exact) mass is 329 g/mol. The smallest absolute Gasteiger partial charge is 0.252 e. The number of aromatic nitrogens is 1. The zero-order valence-corrected chi connectivity index (χ0v) is 13.8. The van der Waals surface area contributed by atoms with Gasteiger partial charge in [0.25, 0.3) is 5.91 Å². The molecule has 1 aromatic heterocycles. The van der Waals surface area contributed by atoms with Crippen LogP contribution in [0.3, 0.4) is 0 Å². The van der Waals surface area contributed by atoms with Gasteiger partial charge in [-0.2, -0.15) is 0 Å². The maximum absolute atomic E-state index is 12.7. The summed E-state index contributed by atoms with van der Waals surface area (Å²) in [5.74, 6) is 0.308. The largest absolute Gasteiger partial charge is 0.368 e. The van der Waals surface area contributed by atoms with Crippen molar-refractivity contribution >= 4 is 11.8 Å². The van der Waals surface area contributed by atoms with Gasteiger partial charge in [0, 0.05) is 38.5 Å². The second kappa shape index (κ2) is 6.51. The summed E-state index contributed by atoms with van der Waals surface area (Å²) in [6.45, 7) is 1.99. The lowest BCUT2D eigenvalue weighted by Gasteiger charge is -2.40. The molecule has 3 saturated heterocycles. The fraction of sp³-hybridized carbons (Fsp3) is 0.611. The molecular formula is C18H23N3O3. The Hall–Kier alpha value is -1.95. The topological polar surface area (TPSA) is 62.7 Å². The SMILES string of the molecule is O=C1CC[C@@H]2[C@@H](CCN2C(=O)C2CCCO2)N1Cc1cccnc1. The Balaban J connectivity index is 1.49. The highest BCUT2D eigenvalue weighted by Crippen LogP contribution is 2.33. The van der Waals surface area contributed by atoms with Gasteiger partial charge in [0.15, 0.2) is 0 Å². The van der Waals surface area contributed by atoms with Crippen LogP contribution >= 0.6 is 0 Å². The molecule has 3 aliphatic heterocycles. The number of nitrogens with zero attached hydrogens (tertiary/aromatic N) is 3. The van der Waals surface area contributed by atoms with Gasteiger partial charge in [0.05, 0.1) is 12.1 Å². The third kappa shape index (κ3) is 2.79. The van der Waals surface area contributed by atoms with E-state index >= 15 is 0 Å². The minimum atomic E-state index is -0.270. The van der Waals surface area contributed by atoms with Crippen LogP contribution in [0.1, 0.15) is 37.7 Å². The molecule has 1 unspecified atom stereocenters. The summed E-state index contributed by atoms with van der Waals surface area (Å²) in [6, 6.07) is 4.14. The van der Waals surface area contributed by atoms with Crippen molar-refractivity contribution in [2.24, 2.45) is 0 Å². The van der Waals surface area contributed by atoms with E-state index in [1.54, 1.807) is 12.4 Å². The first-order valence-electron chi connectivity index (χ1n) is 8.84. The van der Waals surface area contributed by atoms with E-state index in [1.807, 2.05) is 21.9 Å². The van der Waals surface area contributed by atoms with Crippen LogP contribution in [0, 0.1) is 0 Å². The summed E-state index contributed by atoms with van der Waals surface area (Å²) in [5, 5.41) is 0. The molecule has 3 aliphatic rings. The van der Waals surface area contributed by atoms with Crippen LogP contribution in [-0.4, -0.2) is 57.9 Å². The van der Waals surface area contributed by atoms with Crippen LogP contribution in [0.2, 0.25) is 0 Å². The number of fused-ring (bicyclic) bond motifs is 1. The number of likely N-dealkylation sites (tertiary alicyclic amines) is 2. The second-order valence-electron chi connectivity index (χ2n) is 6.88. The molecule has 3 fully saturated rings. The van der Waals surface area contributed by atoms with Crippen LogP contribution < -0.4 is 0 Å². The Kier molecular flexibility index (Phi) is 4.22. The molecule has 6 nitrogen and oxygen atoms in total. The van der Waals surface area contributed by atoms with Gasteiger partial charge < -0.3 is 14.5 Å². The second-order valence-corrected chi connectivity index (χ2v) is 6.88. The van der Waals surface area contributed by atoms with Crippen molar-refractivity contribution in [3.05, 3.63) is 30.1 Å². The molecular weight excluding hydrogens is 306 g/mol. The highest BCUT2D eigenvalue weighted by molar-refractivity contribution is 5.83. The maximum atomic E-state index is 12.7. The van der Waals surface area contributed by atoms with Gasteiger partial charge in [0.2, 0.25) is 5.91 Å². The molecule has 0 N–H and O–H groups in total. The third-order valence-corrected chi connectivity index (χ3v) is 5.45. The van der Waals surface area contributed by atoms with E-state index in [9.17, 15) is 9.59 Å². The van der Waals surface area contributed by atoms with E-state index < -0.39 is 0 Å². The number of hydrogen-bond acceptors (Lipinski definition) is 4. The van der Waals surface area contributed by atoms with E-state index in [1.165, 1.54) is 0 Å². The maximum Gasteiger partial charge on any atom is 0.252 e. The average molecular weight is 329 g/mol. The van der Waals surface area contributed by atoms with Crippen LogP contribution in [0.5, 0.6) is 0 Å². The Morgan fingerprint density at radius 3 is 2.96 bits per heavy atom. The number of pyridine rings is 1. The predicted octanol–water partition coefficient (Wildman–Crippen LogP) is 1.35. The summed E-state index contributed by atoms with van der Waals surface area (Å²) in [4.78, 5) is 33.3. The number of hydrogen-bond donors (Lipinski definition) is 0. The van der Waals surface area contributed by atoms with Gasteiger partial charge in [-0.25, -0.2) is 0 Å². The number of amides is 2. The normalized spacial score (nSPS) is 29.8. The highest BCUT2D eigenvalue weighted by Gasteiger charge is 2.46. The van der Waals surface area contributed by atoms with Gasteiger partial charge in [0.1, 0.15) is 6.10 Å². The number of carbonyl (C=O) groups excluding carboxylic acids is 2. The van der Waals surface area contributed by atoms with Crippen molar-refractivity contribution in [2.75, 3.05) is 13.2 Å². The van der Waals surface area contributed by atoms with Gasteiger partial charge in [-0.1, -0.05) is 6.07 Å². The van der Waals surface area contributed by atoms with Crippen molar-refractivity contribution in [1.82, 2.24) is 14.8 Å². The van der Waals surface area contributed by atoms with E-state index in [-0.39, 0.29) is 30.0 Å². The molecule has 4 heterocycles. The van der Waals surface area contributed by atoms with Crippen LogP contribution in [0.25, 0.3) is 0 Å². The molecule has 4 rings (SSSR count). The molecule has 6 heteroatoms. The minimum absolute atomic E-state index is 0.121. The molecule has 0 spiro atoms. The Morgan fingerprint density at radius 2 is 2.21 bits per heavy atom. The zero-order chi connectivity index (χ0) is 16.5. The first-order valence-corrected chi connectivity index (χ1v) is 8.84. The molecule has 128 valence electrons. The molecule has 0 bridgehead atoms. The fourth-order valence-electron chi connectivity index (χ4n) is 4.27. The van der Waals surface area contributed by atoms with Gasteiger partial charge in [-0.05, 0) is 37.3 Å². The minimum Gasteiger partial charge on any atom is -0.368 e. The summed E-state index contributed by atoms with van der Waals surface area (Å²) >= 11 is 0. The molecule has 24 heavy (non-hydrogen) atoms. The van der Waals surface area contributed by atoms with E-state index in [0.29, 0.717) is 19.6 Å². The van der Waals surface area contributed by atoms with Crippen LogP contribution in [0.15, 0.2) is 24.5 Å². The molecule has 0 aliphatic carbocycles. The molecule has 1 aromatic rings. The highest BCUT2D eigenvalue weighted by atomic mass is 16.5. The van der Waals surface area contributed by atoms with E-state index in [0.717, 1.165) is 37.8 Å². The zero-order valence-electron chi connectivity index (χ0n) is 13.8. The number of ether oxygens (including phenoxy) is 1. The molecule has 3 atom stereocenters. The predicted molar refractivity (Wildman–Crippen MR) is 86.9 cm³/mol. The summed E-state index contributed by atoms with van der Waals surface area (Å²) in [5.41, 5.74) is 1.04. The third-order valence-electron chi connectivity index (χ3n) is 5.45. The number of piperidine rings is 1. The Bertz CT molecular complexity index is 615. The Labute approximate surface area is 141 Å². The van der Waals surface area contributed by atoms with Crippen molar-refractivity contribution in [3.8, 4) is 0 Å². The van der Waals surface area contributed by atoms with Gasteiger partial charge in [-0.15, -0.1) is 0 Å². The van der Waals surface area contributed by atoms with Crippen molar-refractivity contribution in [2.45, 2.75) is 56.8 Å². The van der Waals surface area contributed by atoms with E-state index in [4.69, 9.17) is 4.74 Å². The van der Waals surface area contributed by atoms with Gasteiger partial charge in [-0.3, -0.25) is 14.6 Å². The first-order chi connectivity index (χ1) is 11.7. The number of carbonyl (C=O) groups is 2. The number of rotatable bonds is 3. The lowest BCUT2D eigenvalue weighted by Crippen LogP contribution is -2.54. The summed E-state index contributed by atoms with van der Waals surface area (Å²) in [6.07, 6.45) is 7.20. The Morgan fingerprint density at radius 1 is 1.29 bits per heavy atom. The lowest BCUT2D eigenvalue weighted by molar-refractivity contribution is -0.147. The molecule has 2 amide bonds. The first kappa shape index (κ1) is 15.6. The van der Waals surface area contributed by atoms with Crippen LogP contribution in [-0.2, 0) is 20.9 Å². The fourth-order valence-corrected chi connectivity index (χ4v) is 4.27. The van der Waals surface area contributed by atoms with Crippen LogP contribution in [0.4, 0.5) is 0 Å². The van der Waals surface area contributed by atoms with Crippen molar-refractivity contribution in [3.63, 3.8) is 0 Å². The van der Waals surface area contributed by atoms with Crippen molar-refractivity contribution in [1.29, 1.82) is 0 Å².